The Morgan fingerprint density at radius 2 is 1.61 bits per heavy atom. The van der Waals surface area contributed by atoms with Crippen molar-refractivity contribution in [2.45, 2.75) is 36.1 Å². The van der Waals surface area contributed by atoms with E-state index < -0.39 is 31.9 Å². The highest BCUT2D eigenvalue weighted by Gasteiger charge is 2.23. The first-order valence-electron chi connectivity index (χ1n) is 8.51. The third-order valence-corrected chi connectivity index (χ3v) is 6.94. The molecule has 0 radical (unpaired) electrons. The molecule has 0 aliphatic heterocycles. The summed E-state index contributed by atoms with van der Waals surface area (Å²) < 4.78 is 56.1. The second kappa shape index (κ2) is 8.42. The maximum absolute atomic E-state index is 12.8. The van der Waals surface area contributed by atoms with Crippen molar-refractivity contribution in [3.05, 3.63) is 59.2 Å². The fourth-order valence-electron chi connectivity index (χ4n) is 2.69. The molecule has 2 rings (SSSR count). The molecule has 152 valence electrons. The molecule has 2 aromatic rings. The Kier molecular flexibility index (Phi) is 6.63. The smallest absolute Gasteiger partial charge is 0.338 e. The first-order chi connectivity index (χ1) is 13.0. The van der Waals surface area contributed by atoms with Crippen LogP contribution in [0.1, 0.15) is 40.9 Å². The van der Waals surface area contributed by atoms with Gasteiger partial charge in [0.15, 0.2) is 9.84 Å². The minimum Gasteiger partial charge on any atom is -0.465 e. The van der Waals surface area contributed by atoms with Crippen LogP contribution in [-0.4, -0.2) is 36.2 Å². The number of benzene rings is 2. The lowest BCUT2D eigenvalue weighted by Gasteiger charge is -2.18. The van der Waals surface area contributed by atoms with Gasteiger partial charge in [0.05, 0.1) is 22.5 Å². The normalized spacial score (nSPS) is 13.1. The quantitative estimate of drug-likeness (QED) is 0.684. The Bertz CT molecular complexity index is 1070. The lowest BCUT2D eigenvalue weighted by Crippen LogP contribution is -2.28. The zero-order valence-electron chi connectivity index (χ0n) is 16.1. The van der Waals surface area contributed by atoms with Crippen molar-refractivity contribution in [1.82, 2.24) is 4.72 Å². The van der Waals surface area contributed by atoms with Crippen molar-refractivity contribution in [2.75, 3.05) is 13.4 Å². The summed E-state index contributed by atoms with van der Waals surface area (Å²) in [6.07, 6.45) is 1.56. The van der Waals surface area contributed by atoms with Crippen molar-refractivity contribution in [1.29, 1.82) is 0 Å². The van der Waals surface area contributed by atoms with Crippen LogP contribution >= 0.6 is 0 Å². The van der Waals surface area contributed by atoms with Crippen molar-refractivity contribution in [3.63, 3.8) is 0 Å². The molecule has 2 aromatic carbocycles. The number of hydrogen-bond acceptors (Lipinski definition) is 6. The molecular weight excluding hydrogens is 402 g/mol. The lowest BCUT2D eigenvalue weighted by molar-refractivity contribution is 0.0599. The van der Waals surface area contributed by atoms with Gasteiger partial charge in [0, 0.05) is 12.3 Å². The third-order valence-electron chi connectivity index (χ3n) is 4.34. The molecular formula is C19H23NO6S2. The van der Waals surface area contributed by atoms with Gasteiger partial charge in [-0.25, -0.2) is 26.4 Å². The summed E-state index contributed by atoms with van der Waals surface area (Å²) in [7, 11) is -6.02. The Balaban J connectivity index is 2.35. The molecule has 7 nitrogen and oxygen atoms in total. The Labute approximate surface area is 165 Å². The number of carbonyl (C=O) groups excluding carboxylic acids is 1. The molecule has 0 saturated heterocycles. The van der Waals surface area contributed by atoms with Crippen LogP contribution in [-0.2, 0) is 24.6 Å². The van der Waals surface area contributed by atoms with Crippen LogP contribution in [0, 0.1) is 6.92 Å². The van der Waals surface area contributed by atoms with E-state index in [0.717, 1.165) is 6.26 Å². The number of hydrogen-bond donors (Lipinski definition) is 1. The largest absolute Gasteiger partial charge is 0.465 e. The molecule has 0 saturated carbocycles. The average Bonchev–Trinajstić information content (AvgIpc) is 2.65. The molecule has 28 heavy (non-hydrogen) atoms. The molecule has 1 atom stereocenters. The zero-order valence-corrected chi connectivity index (χ0v) is 17.7. The van der Waals surface area contributed by atoms with Gasteiger partial charge in [-0.1, -0.05) is 25.1 Å². The minimum atomic E-state index is -3.92. The second-order valence-corrected chi connectivity index (χ2v) is 10.1. The molecule has 0 aromatic heterocycles. The van der Waals surface area contributed by atoms with Gasteiger partial charge in [-0.15, -0.1) is 0 Å². The first kappa shape index (κ1) is 22.1. The Morgan fingerprint density at radius 1 is 1.04 bits per heavy atom. The summed E-state index contributed by atoms with van der Waals surface area (Å²) in [6.45, 7) is 3.50. The Morgan fingerprint density at radius 3 is 2.11 bits per heavy atom. The number of nitrogens with one attached hydrogen (secondary N) is 1. The van der Waals surface area contributed by atoms with E-state index in [0.29, 0.717) is 17.5 Å². The van der Waals surface area contributed by atoms with E-state index in [1.165, 1.54) is 31.4 Å². The molecule has 0 amide bonds. The molecule has 0 unspecified atom stereocenters. The van der Waals surface area contributed by atoms with Crippen molar-refractivity contribution in [3.8, 4) is 0 Å². The number of carbonyl (C=O) groups is 1. The summed E-state index contributed by atoms with van der Waals surface area (Å²) in [4.78, 5) is 12.0. The maximum Gasteiger partial charge on any atom is 0.338 e. The molecule has 0 aliphatic rings. The van der Waals surface area contributed by atoms with Gasteiger partial charge in [-0.05, 0) is 48.7 Å². The molecule has 0 spiro atoms. The number of ether oxygens (including phenoxy) is 1. The number of esters is 1. The molecule has 0 heterocycles. The van der Waals surface area contributed by atoms with E-state index in [1.54, 1.807) is 25.1 Å². The second-order valence-electron chi connectivity index (χ2n) is 6.39. The summed E-state index contributed by atoms with van der Waals surface area (Å²) in [5.41, 5.74) is 1.42. The van der Waals surface area contributed by atoms with Crippen LogP contribution in [0.5, 0.6) is 0 Å². The van der Waals surface area contributed by atoms with Gasteiger partial charge in [0.2, 0.25) is 10.0 Å². The summed E-state index contributed by atoms with van der Waals surface area (Å²) in [5.74, 6) is -0.613. The molecule has 1 N–H and O–H groups in total. The average molecular weight is 426 g/mol. The standard InChI is InChI=1S/C19H23NO6S2/c1-5-18(14-7-10-15(11-8-14)27(4,22)23)20-28(24,25)16-9-6-13(2)17(12-16)19(21)26-3/h6-12,18,20H,5H2,1-4H3/t18-/m1/s1. The van der Waals surface area contributed by atoms with Crippen molar-refractivity contribution in [2.24, 2.45) is 0 Å². The number of sulfonamides is 1. The summed E-state index contributed by atoms with van der Waals surface area (Å²) in [6, 6.07) is 9.76. The lowest BCUT2D eigenvalue weighted by atomic mass is 10.1. The van der Waals surface area contributed by atoms with Crippen LogP contribution in [0.4, 0.5) is 0 Å². The number of methoxy groups -OCH3 is 1. The fraction of sp³-hybridized carbons (Fsp3) is 0.316. The first-order valence-corrected chi connectivity index (χ1v) is 11.9. The minimum absolute atomic E-state index is 0.0512. The predicted molar refractivity (Wildman–Crippen MR) is 105 cm³/mol. The maximum atomic E-state index is 12.8. The number of aryl methyl sites for hydroxylation is 1. The summed E-state index contributed by atoms with van der Waals surface area (Å²) in [5, 5.41) is 0. The molecule has 0 bridgehead atoms. The van der Waals surface area contributed by atoms with Crippen LogP contribution in [0.3, 0.4) is 0 Å². The zero-order chi connectivity index (χ0) is 21.1. The highest BCUT2D eigenvalue weighted by molar-refractivity contribution is 7.90. The van der Waals surface area contributed by atoms with E-state index in [2.05, 4.69) is 4.72 Å². The molecule has 0 aliphatic carbocycles. The Hall–Kier alpha value is -2.23. The fourth-order valence-corrected chi connectivity index (χ4v) is 4.65. The van der Waals surface area contributed by atoms with E-state index in [4.69, 9.17) is 4.74 Å². The number of sulfone groups is 1. The van der Waals surface area contributed by atoms with E-state index in [-0.39, 0.29) is 15.4 Å². The van der Waals surface area contributed by atoms with Gasteiger partial charge < -0.3 is 4.74 Å². The van der Waals surface area contributed by atoms with E-state index in [9.17, 15) is 21.6 Å². The molecule has 9 heteroatoms. The van der Waals surface area contributed by atoms with Crippen LogP contribution in [0.25, 0.3) is 0 Å². The highest BCUT2D eigenvalue weighted by Crippen LogP contribution is 2.23. The monoisotopic (exact) mass is 425 g/mol. The summed E-state index contributed by atoms with van der Waals surface area (Å²) >= 11 is 0. The predicted octanol–water partition coefficient (Wildman–Crippen LogP) is 2.61. The van der Waals surface area contributed by atoms with Gasteiger partial charge in [-0.2, -0.15) is 0 Å². The highest BCUT2D eigenvalue weighted by atomic mass is 32.2. The SMILES string of the molecule is CC[C@@H](NS(=O)(=O)c1ccc(C)c(C(=O)OC)c1)c1ccc(S(C)(=O)=O)cc1. The molecule has 0 fully saturated rings. The van der Waals surface area contributed by atoms with Crippen LogP contribution in [0.2, 0.25) is 0 Å². The van der Waals surface area contributed by atoms with Crippen molar-refractivity contribution >= 4 is 25.8 Å². The van der Waals surface area contributed by atoms with Crippen molar-refractivity contribution < 1.29 is 26.4 Å². The third kappa shape index (κ3) is 4.98. The van der Waals surface area contributed by atoms with Gasteiger partial charge in [-0.3, -0.25) is 0 Å². The van der Waals surface area contributed by atoms with E-state index >= 15 is 0 Å². The number of rotatable bonds is 7. The van der Waals surface area contributed by atoms with Crippen LogP contribution in [0.15, 0.2) is 52.3 Å². The van der Waals surface area contributed by atoms with Gasteiger partial charge >= 0.3 is 5.97 Å². The van der Waals surface area contributed by atoms with E-state index in [1.807, 2.05) is 6.92 Å². The van der Waals surface area contributed by atoms with Gasteiger partial charge in [0.1, 0.15) is 0 Å². The topological polar surface area (TPSA) is 107 Å². The van der Waals surface area contributed by atoms with Gasteiger partial charge in [0.25, 0.3) is 0 Å². The van der Waals surface area contributed by atoms with Crippen LogP contribution < -0.4 is 4.72 Å².